The molecule has 0 spiro atoms. The number of benzene rings is 1. The maximum atomic E-state index is 6.35. The minimum absolute atomic E-state index is 0.194. The predicted molar refractivity (Wildman–Crippen MR) is 90.9 cm³/mol. The van der Waals surface area contributed by atoms with Gasteiger partial charge in [-0.25, -0.2) is 0 Å². The van der Waals surface area contributed by atoms with Crippen molar-refractivity contribution in [3.8, 4) is 5.75 Å². The molecule has 3 rings (SSSR count). The summed E-state index contributed by atoms with van der Waals surface area (Å²) in [6.07, 6.45) is 0.876. The van der Waals surface area contributed by atoms with Crippen LogP contribution in [0.4, 0.5) is 0 Å². The fraction of sp³-hybridized carbons (Fsp3) is 0.500. The van der Waals surface area contributed by atoms with Crippen molar-refractivity contribution >= 4 is 49.2 Å². The van der Waals surface area contributed by atoms with Crippen molar-refractivity contribution in [2.24, 2.45) is 0 Å². The molecular weight excluding hydrogens is 404 g/mol. The van der Waals surface area contributed by atoms with E-state index in [0.717, 1.165) is 31.8 Å². The summed E-state index contributed by atoms with van der Waals surface area (Å²) in [5.41, 5.74) is 0.749. The number of hydrogen-bond donors (Lipinski definition) is 1. The topological polar surface area (TPSA) is 24.5 Å². The number of hydrogen-bond acceptors (Lipinski definition) is 2. The Hall–Kier alpha value is -0.330. The molecule has 2 bridgehead atoms. The summed E-state index contributed by atoms with van der Waals surface area (Å²) in [6.45, 7) is 6.38. The first-order valence-corrected chi connectivity index (χ1v) is 8.59. The molecule has 20 heavy (non-hydrogen) atoms. The van der Waals surface area contributed by atoms with E-state index in [2.05, 4.69) is 68.9 Å². The van der Waals surface area contributed by atoms with Gasteiger partial charge in [-0.15, -0.1) is 0 Å². The minimum atomic E-state index is -0.398. The van der Waals surface area contributed by atoms with Crippen LogP contribution in [0.3, 0.4) is 0 Å². The Morgan fingerprint density at radius 3 is 2.80 bits per heavy atom. The van der Waals surface area contributed by atoms with Crippen molar-refractivity contribution in [2.45, 2.75) is 45.0 Å². The van der Waals surface area contributed by atoms with Crippen molar-refractivity contribution in [3.63, 3.8) is 0 Å². The zero-order valence-corrected chi connectivity index (χ0v) is 15.5. The van der Waals surface area contributed by atoms with Crippen LogP contribution in [0.15, 0.2) is 21.1 Å². The monoisotopic (exact) mass is 418 g/mol. The van der Waals surface area contributed by atoms with E-state index in [-0.39, 0.29) is 12.1 Å². The largest absolute Gasteiger partial charge is 0.467 e. The SMILES string of the molecule is CC(C)N1C(=S)NC2CC1(C)Oc1c(Br)cc(Br)cc12. The van der Waals surface area contributed by atoms with Crippen LogP contribution in [-0.2, 0) is 0 Å². The highest BCUT2D eigenvalue weighted by atomic mass is 79.9. The average molecular weight is 420 g/mol. The van der Waals surface area contributed by atoms with E-state index in [9.17, 15) is 0 Å². The van der Waals surface area contributed by atoms with Gasteiger partial charge in [0.25, 0.3) is 0 Å². The molecule has 6 heteroatoms. The Kier molecular flexibility index (Phi) is 3.54. The second-order valence-electron chi connectivity index (χ2n) is 5.75. The number of halogens is 2. The summed E-state index contributed by atoms with van der Waals surface area (Å²) in [7, 11) is 0. The van der Waals surface area contributed by atoms with Crippen LogP contribution >= 0.6 is 44.1 Å². The van der Waals surface area contributed by atoms with Crippen LogP contribution in [0.25, 0.3) is 0 Å². The third-order valence-electron chi connectivity index (χ3n) is 3.86. The molecule has 0 aromatic heterocycles. The lowest BCUT2D eigenvalue weighted by Crippen LogP contribution is -2.66. The first-order valence-electron chi connectivity index (χ1n) is 6.59. The van der Waals surface area contributed by atoms with Gasteiger partial charge in [0.2, 0.25) is 0 Å². The first kappa shape index (κ1) is 14.6. The van der Waals surface area contributed by atoms with Gasteiger partial charge in [-0.3, -0.25) is 0 Å². The zero-order valence-electron chi connectivity index (χ0n) is 11.5. The van der Waals surface area contributed by atoms with E-state index < -0.39 is 5.72 Å². The van der Waals surface area contributed by atoms with E-state index in [1.54, 1.807) is 0 Å². The maximum Gasteiger partial charge on any atom is 0.184 e. The molecule has 1 saturated heterocycles. The summed E-state index contributed by atoms with van der Waals surface area (Å²) in [5, 5.41) is 4.22. The molecule has 2 heterocycles. The second kappa shape index (κ2) is 4.85. The van der Waals surface area contributed by atoms with Crippen molar-refractivity contribution < 1.29 is 4.74 Å². The summed E-state index contributed by atoms with van der Waals surface area (Å²) in [6, 6.07) is 4.60. The molecule has 0 radical (unpaired) electrons. The predicted octanol–water partition coefficient (Wildman–Crippen LogP) is 4.35. The second-order valence-corrected chi connectivity index (χ2v) is 7.91. The molecule has 2 aliphatic heterocycles. The molecule has 3 nitrogen and oxygen atoms in total. The van der Waals surface area contributed by atoms with E-state index in [1.807, 2.05) is 6.07 Å². The molecule has 0 aliphatic carbocycles. The average Bonchev–Trinajstić information content (AvgIpc) is 2.29. The first-order chi connectivity index (χ1) is 9.32. The molecule has 1 aromatic rings. The Labute approximate surface area is 141 Å². The molecule has 2 unspecified atom stereocenters. The van der Waals surface area contributed by atoms with Gasteiger partial charge in [0.15, 0.2) is 10.8 Å². The fourth-order valence-electron chi connectivity index (χ4n) is 3.19. The Morgan fingerprint density at radius 1 is 1.45 bits per heavy atom. The van der Waals surface area contributed by atoms with Crippen LogP contribution < -0.4 is 10.1 Å². The van der Waals surface area contributed by atoms with Crippen LogP contribution in [0, 0.1) is 0 Å². The molecule has 1 N–H and O–H groups in total. The lowest BCUT2D eigenvalue weighted by atomic mass is 9.90. The van der Waals surface area contributed by atoms with Gasteiger partial charge in [0.1, 0.15) is 5.75 Å². The van der Waals surface area contributed by atoms with Gasteiger partial charge in [-0.1, -0.05) is 15.9 Å². The molecule has 1 aromatic carbocycles. The Balaban J connectivity index is 2.13. The molecule has 2 atom stereocenters. The Bertz CT molecular complexity index is 593. The summed E-state index contributed by atoms with van der Waals surface area (Å²) >= 11 is 12.7. The third-order valence-corrected chi connectivity index (χ3v) is 5.22. The fourth-order valence-corrected chi connectivity index (χ4v) is 5.07. The normalized spacial score (nSPS) is 28.0. The number of fused-ring (bicyclic) bond motifs is 4. The van der Waals surface area contributed by atoms with Crippen molar-refractivity contribution in [1.29, 1.82) is 0 Å². The van der Waals surface area contributed by atoms with Gasteiger partial charge in [0.05, 0.1) is 10.5 Å². The minimum Gasteiger partial charge on any atom is -0.467 e. The number of thiocarbonyl (C=S) groups is 1. The Morgan fingerprint density at radius 2 is 2.15 bits per heavy atom. The molecule has 1 fully saturated rings. The lowest BCUT2D eigenvalue weighted by Gasteiger charge is -2.54. The molecular formula is C14H16Br2N2OS. The molecule has 108 valence electrons. The zero-order chi connectivity index (χ0) is 14.7. The van der Waals surface area contributed by atoms with E-state index in [0.29, 0.717) is 0 Å². The van der Waals surface area contributed by atoms with E-state index in [4.69, 9.17) is 17.0 Å². The quantitative estimate of drug-likeness (QED) is 0.684. The molecule has 0 saturated carbocycles. The van der Waals surface area contributed by atoms with Crippen molar-refractivity contribution in [1.82, 2.24) is 10.2 Å². The number of rotatable bonds is 1. The van der Waals surface area contributed by atoms with Gasteiger partial charge in [-0.05, 0) is 61.1 Å². The molecule has 2 aliphatic rings. The van der Waals surface area contributed by atoms with Crippen molar-refractivity contribution in [2.75, 3.05) is 0 Å². The van der Waals surface area contributed by atoms with Crippen LogP contribution in [0.5, 0.6) is 5.75 Å². The van der Waals surface area contributed by atoms with Crippen LogP contribution in [-0.4, -0.2) is 21.8 Å². The summed E-state index contributed by atoms with van der Waals surface area (Å²) in [5.74, 6) is 0.910. The van der Waals surface area contributed by atoms with Crippen molar-refractivity contribution in [3.05, 3.63) is 26.6 Å². The van der Waals surface area contributed by atoms with E-state index >= 15 is 0 Å². The van der Waals surface area contributed by atoms with Gasteiger partial charge in [-0.2, -0.15) is 0 Å². The molecule has 0 amide bonds. The standard InChI is InChI=1S/C14H16Br2N2OS/c1-7(2)18-13(20)17-11-6-14(18,3)19-12-9(11)4-8(15)5-10(12)16/h4-5,7,11H,6H2,1-3H3,(H,17,20). The highest BCUT2D eigenvalue weighted by Crippen LogP contribution is 2.48. The highest BCUT2D eigenvalue weighted by molar-refractivity contribution is 9.11. The summed E-state index contributed by atoms with van der Waals surface area (Å²) in [4.78, 5) is 2.15. The third kappa shape index (κ3) is 2.16. The van der Waals surface area contributed by atoms with Gasteiger partial charge in [0, 0.05) is 22.5 Å². The van der Waals surface area contributed by atoms with Gasteiger partial charge < -0.3 is 15.0 Å². The highest BCUT2D eigenvalue weighted by Gasteiger charge is 2.48. The number of ether oxygens (including phenoxy) is 1. The van der Waals surface area contributed by atoms with Crippen LogP contribution in [0.2, 0.25) is 0 Å². The number of nitrogens with one attached hydrogen (secondary N) is 1. The maximum absolute atomic E-state index is 6.35. The van der Waals surface area contributed by atoms with Crippen LogP contribution in [0.1, 0.15) is 38.8 Å². The number of nitrogens with zero attached hydrogens (tertiary/aromatic N) is 1. The summed E-state index contributed by atoms with van der Waals surface area (Å²) < 4.78 is 8.36. The smallest absolute Gasteiger partial charge is 0.184 e. The lowest BCUT2D eigenvalue weighted by molar-refractivity contribution is -0.0813. The van der Waals surface area contributed by atoms with E-state index in [1.165, 1.54) is 0 Å². The van der Waals surface area contributed by atoms with Gasteiger partial charge >= 0.3 is 0 Å².